The van der Waals surface area contributed by atoms with Gasteiger partial charge in [0, 0.05) is 18.1 Å². The van der Waals surface area contributed by atoms with Crippen molar-refractivity contribution in [1.29, 1.82) is 0 Å². The molecule has 18 heavy (non-hydrogen) atoms. The maximum atomic E-state index is 13.6. The average molecular weight is 275 g/mol. The number of halogens is 4. The Morgan fingerprint density at radius 3 is 2.56 bits per heavy atom. The Bertz CT molecular complexity index is 614. The van der Waals surface area contributed by atoms with E-state index in [0.717, 1.165) is 6.07 Å². The lowest BCUT2D eigenvalue weighted by Gasteiger charge is -2.12. The van der Waals surface area contributed by atoms with Gasteiger partial charge in [0.1, 0.15) is 11.5 Å². The van der Waals surface area contributed by atoms with Gasteiger partial charge < -0.3 is 5.32 Å². The van der Waals surface area contributed by atoms with Crippen LogP contribution < -0.4 is 5.32 Å². The molecule has 2 aromatic rings. The molecule has 0 radical (unpaired) electrons. The molecule has 1 N–H and O–H groups in total. The molecule has 0 atom stereocenters. The second kappa shape index (κ2) is 4.65. The van der Waals surface area contributed by atoms with E-state index in [1.807, 2.05) is 0 Å². The summed E-state index contributed by atoms with van der Waals surface area (Å²) in [6.45, 7) is 1.55. The number of fused-ring (bicyclic) bond motifs is 1. The minimum atomic E-state index is -2.71. The number of hydrogen-bond donors (Lipinski definition) is 1. The zero-order valence-electron chi connectivity index (χ0n) is 9.69. The normalized spacial score (nSPS) is 11.3. The summed E-state index contributed by atoms with van der Waals surface area (Å²) in [6.07, 6.45) is -2.71. The van der Waals surface area contributed by atoms with Gasteiger partial charge in [0.2, 0.25) is 0 Å². The first-order valence-electron chi connectivity index (χ1n) is 5.20. The zero-order chi connectivity index (χ0) is 13.4. The molecule has 1 heterocycles. The van der Waals surface area contributed by atoms with Crippen LogP contribution in [0, 0.1) is 12.7 Å². The first kappa shape index (κ1) is 13.0. The minimum Gasteiger partial charge on any atom is -0.388 e. The summed E-state index contributed by atoms with van der Waals surface area (Å²) in [5.41, 5.74) is 0.499. The van der Waals surface area contributed by atoms with Crippen LogP contribution >= 0.6 is 11.6 Å². The molecule has 0 aliphatic heterocycles. The second-order valence-corrected chi connectivity index (χ2v) is 4.24. The van der Waals surface area contributed by atoms with Crippen molar-refractivity contribution in [2.75, 3.05) is 12.4 Å². The van der Waals surface area contributed by atoms with E-state index in [-0.39, 0.29) is 16.2 Å². The Balaban J connectivity index is 2.91. The van der Waals surface area contributed by atoms with E-state index in [9.17, 15) is 13.2 Å². The Hall–Kier alpha value is -1.49. The number of aromatic nitrogens is 1. The van der Waals surface area contributed by atoms with Crippen LogP contribution in [0.3, 0.4) is 0 Å². The third kappa shape index (κ3) is 1.99. The predicted octanol–water partition coefficient (Wildman–Crippen LogP) is 4.32. The van der Waals surface area contributed by atoms with Gasteiger partial charge in [-0.3, -0.25) is 0 Å². The number of hydrogen-bond acceptors (Lipinski definition) is 2. The number of rotatable bonds is 2. The van der Waals surface area contributed by atoms with Crippen LogP contribution in [0.25, 0.3) is 10.9 Å². The lowest BCUT2D eigenvalue weighted by Crippen LogP contribution is -2.00. The van der Waals surface area contributed by atoms with Crippen molar-refractivity contribution >= 4 is 28.2 Å². The average Bonchev–Trinajstić information content (AvgIpc) is 2.34. The minimum absolute atomic E-state index is 0.0205. The SMILES string of the molecule is CNc1cc(C(F)F)nc2c(Cl)cc(F)c(C)c12. The van der Waals surface area contributed by atoms with Crippen molar-refractivity contribution in [3.63, 3.8) is 0 Å². The molecule has 0 saturated carbocycles. The van der Waals surface area contributed by atoms with E-state index >= 15 is 0 Å². The van der Waals surface area contributed by atoms with E-state index in [2.05, 4.69) is 10.3 Å². The van der Waals surface area contributed by atoms with Gasteiger partial charge in [-0.15, -0.1) is 0 Å². The Morgan fingerprint density at radius 2 is 2.00 bits per heavy atom. The van der Waals surface area contributed by atoms with Crippen molar-refractivity contribution < 1.29 is 13.2 Å². The van der Waals surface area contributed by atoms with Gasteiger partial charge >= 0.3 is 0 Å². The van der Waals surface area contributed by atoms with Gasteiger partial charge in [-0.05, 0) is 24.6 Å². The summed E-state index contributed by atoms with van der Waals surface area (Å²) >= 11 is 5.86. The summed E-state index contributed by atoms with van der Waals surface area (Å²) in [4.78, 5) is 3.80. The Morgan fingerprint density at radius 1 is 1.33 bits per heavy atom. The van der Waals surface area contributed by atoms with Gasteiger partial charge in [-0.2, -0.15) is 0 Å². The fraction of sp³-hybridized carbons (Fsp3) is 0.250. The van der Waals surface area contributed by atoms with Gasteiger partial charge in [0.05, 0.1) is 10.5 Å². The number of benzene rings is 1. The Kier molecular flexibility index (Phi) is 3.34. The summed E-state index contributed by atoms with van der Waals surface area (Å²) in [7, 11) is 1.57. The molecule has 2 rings (SSSR count). The molecule has 0 aliphatic rings. The van der Waals surface area contributed by atoms with Crippen LogP contribution in [-0.2, 0) is 0 Å². The number of nitrogens with zero attached hydrogens (tertiary/aromatic N) is 1. The van der Waals surface area contributed by atoms with Crippen LogP contribution in [0.2, 0.25) is 5.02 Å². The van der Waals surface area contributed by atoms with Crippen molar-refractivity contribution in [2.24, 2.45) is 0 Å². The molecule has 0 aliphatic carbocycles. The van der Waals surface area contributed by atoms with E-state index in [4.69, 9.17) is 11.6 Å². The third-order valence-electron chi connectivity index (χ3n) is 2.75. The van der Waals surface area contributed by atoms with E-state index < -0.39 is 12.2 Å². The number of nitrogens with one attached hydrogen (secondary N) is 1. The van der Waals surface area contributed by atoms with Gasteiger partial charge in [0.25, 0.3) is 6.43 Å². The number of alkyl halides is 2. The van der Waals surface area contributed by atoms with Crippen molar-refractivity contribution in [3.05, 3.63) is 34.2 Å². The van der Waals surface area contributed by atoms with Crippen molar-refractivity contribution in [2.45, 2.75) is 13.3 Å². The molecule has 1 aromatic heterocycles. The van der Waals surface area contributed by atoms with Crippen LogP contribution in [0.5, 0.6) is 0 Å². The van der Waals surface area contributed by atoms with E-state index in [0.29, 0.717) is 16.6 Å². The maximum absolute atomic E-state index is 13.6. The summed E-state index contributed by atoms with van der Waals surface area (Å²) in [5, 5.41) is 3.21. The second-order valence-electron chi connectivity index (χ2n) is 3.83. The number of aryl methyl sites for hydroxylation is 1. The van der Waals surface area contributed by atoms with Gasteiger partial charge in [-0.1, -0.05) is 11.6 Å². The highest BCUT2D eigenvalue weighted by molar-refractivity contribution is 6.35. The molecule has 96 valence electrons. The molecule has 0 unspecified atom stereocenters. The summed E-state index contributed by atoms with van der Waals surface area (Å²) in [6, 6.07) is 2.29. The standard InChI is InChI=1S/C12H10ClF3N2/c1-5-7(14)3-6(13)11-10(5)8(17-2)4-9(18-11)12(15)16/h3-4,12H,1-2H3,(H,17,18). The fourth-order valence-electron chi connectivity index (χ4n) is 1.83. The molecule has 0 fully saturated rings. The molecule has 2 nitrogen and oxygen atoms in total. The molecule has 0 bridgehead atoms. The smallest absolute Gasteiger partial charge is 0.280 e. The number of pyridine rings is 1. The highest BCUT2D eigenvalue weighted by Gasteiger charge is 2.17. The topological polar surface area (TPSA) is 24.9 Å². The van der Waals surface area contributed by atoms with Crippen molar-refractivity contribution in [1.82, 2.24) is 4.98 Å². The molecular weight excluding hydrogens is 265 g/mol. The summed E-state index contributed by atoms with van der Waals surface area (Å²) < 4.78 is 39.0. The summed E-state index contributed by atoms with van der Waals surface area (Å²) in [5.74, 6) is -0.490. The molecule has 0 saturated heterocycles. The first-order valence-corrected chi connectivity index (χ1v) is 5.58. The maximum Gasteiger partial charge on any atom is 0.280 e. The van der Waals surface area contributed by atoms with Crippen LogP contribution in [0.15, 0.2) is 12.1 Å². The van der Waals surface area contributed by atoms with Crippen LogP contribution in [0.4, 0.5) is 18.9 Å². The molecule has 1 aromatic carbocycles. The fourth-order valence-corrected chi connectivity index (χ4v) is 2.07. The highest BCUT2D eigenvalue weighted by atomic mass is 35.5. The van der Waals surface area contributed by atoms with Gasteiger partial charge in [0.15, 0.2) is 0 Å². The molecule has 0 spiro atoms. The zero-order valence-corrected chi connectivity index (χ0v) is 10.4. The monoisotopic (exact) mass is 274 g/mol. The van der Waals surface area contributed by atoms with Crippen LogP contribution in [-0.4, -0.2) is 12.0 Å². The van der Waals surface area contributed by atoms with Crippen LogP contribution in [0.1, 0.15) is 17.7 Å². The molecular formula is C12H10ClF3N2. The predicted molar refractivity (Wildman–Crippen MR) is 66.0 cm³/mol. The largest absolute Gasteiger partial charge is 0.388 e. The lowest BCUT2D eigenvalue weighted by molar-refractivity contribution is 0.146. The molecule has 0 amide bonds. The van der Waals surface area contributed by atoms with Gasteiger partial charge in [-0.25, -0.2) is 18.2 Å². The van der Waals surface area contributed by atoms with E-state index in [1.165, 1.54) is 6.07 Å². The first-order chi connectivity index (χ1) is 8.45. The highest BCUT2D eigenvalue weighted by Crippen LogP contribution is 2.34. The quantitative estimate of drug-likeness (QED) is 0.882. The van der Waals surface area contributed by atoms with Crippen molar-refractivity contribution in [3.8, 4) is 0 Å². The van der Waals surface area contributed by atoms with E-state index in [1.54, 1.807) is 14.0 Å². The lowest BCUT2D eigenvalue weighted by atomic mass is 10.1. The molecule has 6 heteroatoms. The Labute approximate surface area is 107 Å². The third-order valence-corrected chi connectivity index (χ3v) is 3.03. The number of anilines is 1.